The lowest BCUT2D eigenvalue weighted by atomic mass is 9.76. The van der Waals surface area contributed by atoms with Gasteiger partial charge in [-0.1, -0.05) is 35.5 Å². The number of nitrogens with one attached hydrogen (secondary N) is 1. The Morgan fingerprint density at radius 3 is 2.96 bits per heavy atom. The van der Waals surface area contributed by atoms with E-state index in [4.69, 9.17) is 4.52 Å². The van der Waals surface area contributed by atoms with Crippen molar-refractivity contribution >= 4 is 23.3 Å². The Labute approximate surface area is 159 Å². The largest absolute Gasteiger partial charge is 0.337 e. The quantitative estimate of drug-likeness (QED) is 0.706. The summed E-state index contributed by atoms with van der Waals surface area (Å²) in [4.78, 5) is 32.2. The maximum atomic E-state index is 13.3. The molecule has 0 saturated carbocycles. The van der Waals surface area contributed by atoms with Crippen LogP contribution in [0.4, 0.5) is 4.79 Å². The minimum Gasteiger partial charge on any atom is -0.337 e. The van der Waals surface area contributed by atoms with Crippen molar-refractivity contribution in [3.05, 3.63) is 58.8 Å². The molecule has 2 aromatic heterocycles. The van der Waals surface area contributed by atoms with E-state index in [0.29, 0.717) is 12.2 Å². The molecule has 1 aromatic carbocycles. The number of amides is 3. The molecule has 2 aliphatic rings. The SMILES string of the molecule is O=C1N[C@]2(CCCc3ccccc32)C(=O)N1Cc1nc(-c2cccs2)no1. The molecule has 1 aliphatic carbocycles. The maximum absolute atomic E-state index is 13.3. The van der Waals surface area contributed by atoms with Crippen LogP contribution in [0.2, 0.25) is 0 Å². The van der Waals surface area contributed by atoms with E-state index in [1.807, 2.05) is 41.8 Å². The molecule has 3 heterocycles. The first-order valence-corrected chi connectivity index (χ1v) is 9.64. The number of hydrogen-bond donors (Lipinski definition) is 1. The van der Waals surface area contributed by atoms with Crippen LogP contribution in [-0.4, -0.2) is 27.0 Å². The Kier molecular flexibility index (Phi) is 3.61. The van der Waals surface area contributed by atoms with Gasteiger partial charge >= 0.3 is 6.03 Å². The van der Waals surface area contributed by atoms with E-state index in [2.05, 4.69) is 15.5 Å². The van der Waals surface area contributed by atoms with E-state index in [0.717, 1.165) is 28.8 Å². The van der Waals surface area contributed by atoms with Gasteiger partial charge in [-0.3, -0.25) is 9.69 Å². The van der Waals surface area contributed by atoms with E-state index in [1.165, 1.54) is 16.2 Å². The number of nitrogens with zero attached hydrogens (tertiary/aromatic N) is 3. The van der Waals surface area contributed by atoms with E-state index in [9.17, 15) is 9.59 Å². The smallest absolute Gasteiger partial charge is 0.325 e. The summed E-state index contributed by atoms with van der Waals surface area (Å²) in [6.07, 6.45) is 2.35. The normalized spacial score (nSPS) is 21.6. The summed E-state index contributed by atoms with van der Waals surface area (Å²) in [6, 6.07) is 11.2. The molecular weight excluding hydrogens is 364 g/mol. The Morgan fingerprint density at radius 2 is 2.11 bits per heavy atom. The third kappa shape index (κ3) is 2.48. The van der Waals surface area contributed by atoms with Crippen molar-refractivity contribution < 1.29 is 14.1 Å². The van der Waals surface area contributed by atoms with Crippen LogP contribution in [0.3, 0.4) is 0 Å². The number of aryl methyl sites for hydroxylation is 1. The number of rotatable bonds is 3. The number of fused-ring (bicyclic) bond motifs is 2. The number of thiophene rings is 1. The minimum atomic E-state index is -0.984. The molecule has 1 saturated heterocycles. The average Bonchev–Trinajstić information content (AvgIpc) is 3.40. The summed E-state index contributed by atoms with van der Waals surface area (Å²) < 4.78 is 5.26. The number of hydrogen-bond acceptors (Lipinski definition) is 6. The second-order valence-corrected chi connectivity index (χ2v) is 7.67. The number of benzene rings is 1. The molecule has 1 N–H and O–H groups in total. The van der Waals surface area contributed by atoms with E-state index in [-0.39, 0.29) is 18.3 Å². The van der Waals surface area contributed by atoms with Gasteiger partial charge in [-0.05, 0) is 41.8 Å². The van der Waals surface area contributed by atoms with Crippen LogP contribution < -0.4 is 5.32 Å². The topological polar surface area (TPSA) is 88.3 Å². The number of carbonyl (C=O) groups is 2. The second kappa shape index (κ2) is 6.02. The van der Waals surface area contributed by atoms with Crippen LogP contribution in [0.1, 0.15) is 29.9 Å². The lowest BCUT2D eigenvalue weighted by Gasteiger charge is -2.33. The van der Waals surface area contributed by atoms with Crippen LogP contribution in [0.5, 0.6) is 0 Å². The van der Waals surface area contributed by atoms with Gasteiger partial charge in [0.15, 0.2) is 0 Å². The van der Waals surface area contributed by atoms with Gasteiger partial charge in [0.05, 0.1) is 4.88 Å². The predicted molar refractivity (Wildman–Crippen MR) is 97.8 cm³/mol. The fourth-order valence-electron chi connectivity index (χ4n) is 3.92. The minimum absolute atomic E-state index is 0.0348. The van der Waals surface area contributed by atoms with Crippen LogP contribution in [0.25, 0.3) is 10.7 Å². The third-order valence-corrected chi connectivity index (χ3v) is 6.02. The highest BCUT2D eigenvalue weighted by Gasteiger charge is 2.54. The van der Waals surface area contributed by atoms with Gasteiger partial charge in [-0.25, -0.2) is 4.79 Å². The lowest BCUT2D eigenvalue weighted by Crippen LogP contribution is -2.46. The molecule has 5 rings (SSSR count). The Hall–Kier alpha value is -3.00. The monoisotopic (exact) mass is 380 g/mol. The molecule has 0 bridgehead atoms. The lowest BCUT2D eigenvalue weighted by molar-refractivity contribution is -0.132. The van der Waals surface area contributed by atoms with Crippen molar-refractivity contribution in [3.8, 4) is 10.7 Å². The van der Waals surface area contributed by atoms with Gasteiger partial charge in [-0.15, -0.1) is 11.3 Å². The van der Waals surface area contributed by atoms with E-state index in [1.54, 1.807) is 0 Å². The summed E-state index contributed by atoms with van der Waals surface area (Å²) in [6.45, 7) is -0.0348. The molecule has 0 unspecified atom stereocenters. The highest BCUT2D eigenvalue weighted by Crippen LogP contribution is 2.40. The number of carbonyl (C=O) groups excluding carboxylic acids is 2. The molecule has 1 atom stereocenters. The van der Waals surface area contributed by atoms with Gasteiger partial charge in [0, 0.05) is 0 Å². The Balaban J connectivity index is 1.44. The molecular formula is C19H16N4O3S. The summed E-state index contributed by atoms with van der Waals surface area (Å²) >= 11 is 1.50. The van der Waals surface area contributed by atoms with Crippen molar-refractivity contribution in [3.63, 3.8) is 0 Å². The molecule has 3 aromatic rings. The van der Waals surface area contributed by atoms with Gasteiger partial charge in [-0.2, -0.15) is 4.98 Å². The summed E-state index contributed by atoms with van der Waals surface area (Å²) in [7, 11) is 0. The van der Waals surface area contributed by atoms with Crippen molar-refractivity contribution in [2.24, 2.45) is 0 Å². The second-order valence-electron chi connectivity index (χ2n) is 6.73. The van der Waals surface area contributed by atoms with Crippen molar-refractivity contribution in [2.75, 3.05) is 0 Å². The fraction of sp³-hybridized carbons (Fsp3) is 0.263. The summed E-state index contributed by atoms with van der Waals surface area (Å²) in [5.41, 5.74) is 1.02. The first-order valence-electron chi connectivity index (χ1n) is 8.76. The molecule has 7 nitrogen and oxygen atoms in total. The van der Waals surface area contributed by atoms with Crippen molar-refractivity contribution in [1.29, 1.82) is 0 Å². The van der Waals surface area contributed by atoms with Gasteiger partial charge in [0.1, 0.15) is 12.1 Å². The molecule has 1 aliphatic heterocycles. The van der Waals surface area contributed by atoms with E-state index >= 15 is 0 Å². The zero-order chi connectivity index (χ0) is 18.4. The van der Waals surface area contributed by atoms with Crippen LogP contribution >= 0.6 is 11.3 Å². The van der Waals surface area contributed by atoms with Crippen LogP contribution in [0.15, 0.2) is 46.3 Å². The zero-order valence-electron chi connectivity index (χ0n) is 14.3. The van der Waals surface area contributed by atoms with E-state index < -0.39 is 11.6 Å². The first kappa shape index (κ1) is 16.2. The fourth-order valence-corrected chi connectivity index (χ4v) is 4.56. The number of imide groups is 1. The van der Waals surface area contributed by atoms with Crippen molar-refractivity contribution in [2.45, 2.75) is 31.3 Å². The molecule has 1 fully saturated rings. The standard InChI is InChI=1S/C19H16N4O3S/c24-17-19(9-3-6-12-5-1-2-7-13(12)19)21-18(25)23(17)11-15-20-16(22-26-15)14-8-4-10-27-14/h1-2,4-5,7-8,10H,3,6,9,11H2,(H,21,25)/t19-/m0/s1. The third-order valence-electron chi connectivity index (χ3n) is 5.15. The summed E-state index contributed by atoms with van der Waals surface area (Å²) in [5.74, 6) is 0.448. The maximum Gasteiger partial charge on any atom is 0.325 e. The first-order chi connectivity index (χ1) is 13.2. The molecule has 8 heteroatoms. The molecule has 136 valence electrons. The van der Waals surface area contributed by atoms with Gasteiger partial charge < -0.3 is 9.84 Å². The average molecular weight is 380 g/mol. The number of urea groups is 1. The summed E-state index contributed by atoms with van der Waals surface area (Å²) in [5, 5.41) is 8.80. The molecule has 0 radical (unpaired) electrons. The van der Waals surface area contributed by atoms with Crippen LogP contribution in [0, 0.1) is 0 Å². The van der Waals surface area contributed by atoms with Crippen molar-refractivity contribution in [1.82, 2.24) is 20.4 Å². The molecule has 1 spiro atoms. The van der Waals surface area contributed by atoms with Crippen LogP contribution in [-0.2, 0) is 23.3 Å². The Bertz CT molecular complexity index is 1030. The highest BCUT2D eigenvalue weighted by molar-refractivity contribution is 7.13. The Morgan fingerprint density at radius 1 is 1.22 bits per heavy atom. The zero-order valence-corrected chi connectivity index (χ0v) is 15.2. The number of aromatic nitrogens is 2. The molecule has 27 heavy (non-hydrogen) atoms. The predicted octanol–water partition coefficient (Wildman–Crippen LogP) is 3.08. The van der Waals surface area contributed by atoms with Gasteiger partial charge in [0.25, 0.3) is 5.91 Å². The van der Waals surface area contributed by atoms with Gasteiger partial charge in [0.2, 0.25) is 11.7 Å². The highest BCUT2D eigenvalue weighted by atomic mass is 32.1. The molecule has 3 amide bonds.